The number of benzene rings is 2. The minimum absolute atomic E-state index is 0.0648. The van der Waals surface area contributed by atoms with E-state index >= 15 is 0 Å². The van der Waals surface area contributed by atoms with Crippen LogP contribution in [0.25, 0.3) is 0 Å². The Balaban J connectivity index is 1.56. The summed E-state index contributed by atoms with van der Waals surface area (Å²) in [5.41, 5.74) is -0.211. The molecule has 0 aliphatic heterocycles. The molecule has 31 heavy (non-hydrogen) atoms. The van der Waals surface area contributed by atoms with Crippen LogP contribution < -0.4 is 10.4 Å². The second kappa shape index (κ2) is 8.49. The Morgan fingerprint density at radius 3 is 2.13 bits per heavy atom. The number of allylic oxidation sites excluding steroid dienone is 4. The van der Waals surface area contributed by atoms with Crippen molar-refractivity contribution < 1.29 is 14.3 Å². The van der Waals surface area contributed by atoms with Gasteiger partial charge in [0.1, 0.15) is 5.83 Å². The highest BCUT2D eigenvalue weighted by Gasteiger charge is 2.58. The molecular formula is C27H33FO2Si. The first kappa shape index (κ1) is 22.2. The number of aliphatic hydroxyl groups excluding tert-OH is 1. The maximum absolute atomic E-state index is 13.9. The molecule has 4 heteroatoms. The lowest BCUT2D eigenvalue weighted by atomic mass is 9.81. The highest BCUT2D eigenvalue weighted by Crippen LogP contribution is 2.63. The first-order valence-corrected chi connectivity index (χ1v) is 13.3. The third-order valence-electron chi connectivity index (χ3n) is 7.83. The summed E-state index contributed by atoms with van der Waals surface area (Å²) in [5.74, 6) is 0.332. The van der Waals surface area contributed by atoms with Crippen LogP contribution in [-0.2, 0) is 0 Å². The van der Waals surface area contributed by atoms with Crippen LogP contribution in [0.3, 0.4) is 0 Å². The van der Waals surface area contributed by atoms with E-state index in [2.05, 4.69) is 44.2 Å². The summed E-state index contributed by atoms with van der Waals surface area (Å²) in [6.07, 6.45) is 8.48. The van der Waals surface area contributed by atoms with Gasteiger partial charge in [0.2, 0.25) is 0 Å². The van der Waals surface area contributed by atoms with E-state index in [1.165, 1.54) is 6.08 Å². The lowest BCUT2D eigenvalue weighted by Gasteiger charge is -2.41. The number of aliphatic hydroxyl groups is 1. The number of hydrogen-bond acceptors (Lipinski definition) is 2. The largest absolute Gasteiger partial charge is 0.424 e. The fraction of sp³-hybridized carbons (Fsp3) is 0.407. The maximum atomic E-state index is 13.9. The van der Waals surface area contributed by atoms with Crippen LogP contribution >= 0.6 is 0 Å². The van der Waals surface area contributed by atoms with E-state index in [1.807, 2.05) is 36.4 Å². The molecule has 4 rings (SSSR count). The molecular weight excluding hydrogens is 403 g/mol. The predicted octanol–water partition coefficient (Wildman–Crippen LogP) is 4.73. The molecule has 164 valence electrons. The minimum atomic E-state index is -3.02. The highest BCUT2D eigenvalue weighted by atomic mass is 28.4. The molecule has 0 saturated heterocycles. The van der Waals surface area contributed by atoms with Crippen LogP contribution in [0.5, 0.6) is 0 Å². The van der Waals surface area contributed by atoms with Crippen molar-refractivity contribution in [1.29, 1.82) is 0 Å². The normalized spacial score (nSPS) is 25.9. The summed E-state index contributed by atoms with van der Waals surface area (Å²) < 4.78 is 13.9. The van der Waals surface area contributed by atoms with Gasteiger partial charge in [0, 0.05) is 18.4 Å². The Bertz CT molecular complexity index is 914. The summed E-state index contributed by atoms with van der Waals surface area (Å²) in [7, 11) is -3.02. The third-order valence-corrected chi connectivity index (χ3v) is 12.4. The zero-order valence-corrected chi connectivity index (χ0v) is 19.5. The third kappa shape index (κ3) is 3.97. The topological polar surface area (TPSA) is 40.5 Å². The van der Waals surface area contributed by atoms with Gasteiger partial charge < -0.3 is 9.90 Å². The number of hydrogen-bond donors (Lipinski definition) is 2. The monoisotopic (exact) mass is 436 g/mol. The van der Waals surface area contributed by atoms with Crippen LogP contribution in [0.4, 0.5) is 4.39 Å². The second-order valence-electron chi connectivity index (χ2n) is 9.97. The van der Waals surface area contributed by atoms with E-state index < -0.39 is 8.32 Å². The molecule has 2 aromatic carbocycles. The Morgan fingerprint density at radius 2 is 1.61 bits per heavy atom. The fourth-order valence-electron chi connectivity index (χ4n) is 5.61. The van der Waals surface area contributed by atoms with Crippen LogP contribution in [0, 0.1) is 17.3 Å². The molecule has 1 unspecified atom stereocenters. The highest BCUT2D eigenvalue weighted by molar-refractivity contribution is 6.98. The van der Waals surface area contributed by atoms with E-state index in [9.17, 15) is 14.3 Å². The van der Waals surface area contributed by atoms with Crippen LogP contribution in [0.15, 0.2) is 84.7 Å². The molecule has 0 aromatic heterocycles. The molecule has 0 spiro atoms. The molecule has 0 heterocycles. The quantitative estimate of drug-likeness (QED) is 0.588. The summed E-state index contributed by atoms with van der Waals surface area (Å²) in [4.78, 5) is 12.3. The standard InChI is InChI=1S/C27H33FO2Si/c1-26(2,17-16-22-19-27(22,20-29)21-10-9-11-23(28)18-21)31(30,24-12-5-3-6-13-24)25-14-7-4-8-15-25/h3-15,21-22,29-30H,16-20H2,1-2H3/t21?,22-,27-/m1/s1. The number of rotatable bonds is 8. The van der Waals surface area contributed by atoms with Crippen molar-refractivity contribution in [1.82, 2.24) is 0 Å². The summed E-state index contributed by atoms with van der Waals surface area (Å²) >= 11 is 0. The van der Waals surface area contributed by atoms with Crippen molar-refractivity contribution in [3.05, 3.63) is 84.7 Å². The van der Waals surface area contributed by atoms with E-state index in [4.69, 9.17) is 0 Å². The van der Waals surface area contributed by atoms with Crippen molar-refractivity contribution in [2.45, 2.75) is 44.6 Å². The van der Waals surface area contributed by atoms with Crippen molar-refractivity contribution in [3.8, 4) is 0 Å². The predicted molar refractivity (Wildman–Crippen MR) is 127 cm³/mol. The van der Waals surface area contributed by atoms with Crippen molar-refractivity contribution in [3.63, 3.8) is 0 Å². The average Bonchev–Trinajstić information content (AvgIpc) is 3.53. The van der Waals surface area contributed by atoms with Gasteiger partial charge in [-0.25, -0.2) is 4.39 Å². The van der Waals surface area contributed by atoms with Gasteiger partial charge in [-0.15, -0.1) is 0 Å². The van der Waals surface area contributed by atoms with Crippen LogP contribution in [0.1, 0.15) is 39.5 Å². The van der Waals surface area contributed by atoms with Gasteiger partial charge in [0.05, 0.1) is 0 Å². The van der Waals surface area contributed by atoms with Crippen molar-refractivity contribution in [2.75, 3.05) is 6.61 Å². The first-order valence-electron chi connectivity index (χ1n) is 11.3. The minimum Gasteiger partial charge on any atom is -0.424 e. The molecule has 1 saturated carbocycles. The molecule has 3 atom stereocenters. The molecule has 2 aliphatic rings. The zero-order valence-electron chi connectivity index (χ0n) is 18.5. The summed E-state index contributed by atoms with van der Waals surface area (Å²) in [6.45, 7) is 4.47. The smallest absolute Gasteiger partial charge is 0.258 e. The van der Waals surface area contributed by atoms with Gasteiger partial charge in [-0.3, -0.25) is 0 Å². The van der Waals surface area contributed by atoms with E-state index in [0.29, 0.717) is 12.3 Å². The number of halogens is 1. The fourth-order valence-corrected chi connectivity index (χ4v) is 9.36. The van der Waals surface area contributed by atoms with E-state index in [-0.39, 0.29) is 28.8 Å². The Labute approximate surface area is 186 Å². The lowest BCUT2D eigenvalue weighted by molar-refractivity contribution is 0.153. The van der Waals surface area contributed by atoms with E-state index in [0.717, 1.165) is 29.6 Å². The van der Waals surface area contributed by atoms with Gasteiger partial charge in [-0.2, -0.15) is 0 Å². The zero-order chi connectivity index (χ0) is 22.1. The van der Waals surface area contributed by atoms with Gasteiger partial charge in [0.25, 0.3) is 8.32 Å². The molecule has 2 aliphatic carbocycles. The van der Waals surface area contributed by atoms with Crippen molar-refractivity contribution >= 4 is 18.7 Å². The lowest BCUT2D eigenvalue weighted by Crippen LogP contribution is -2.65. The summed E-state index contributed by atoms with van der Waals surface area (Å²) in [6, 6.07) is 20.2. The maximum Gasteiger partial charge on any atom is 0.258 e. The molecule has 2 nitrogen and oxygen atoms in total. The molecule has 0 amide bonds. The Hall–Kier alpha value is -2.01. The Morgan fingerprint density at radius 1 is 1.03 bits per heavy atom. The molecule has 2 aromatic rings. The molecule has 1 fully saturated rings. The Kier molecular flexibility index (Phi) is 6.08. The first-order chi connectivity index (χ1) is 14.8. The SMILES string of the molecule is CC(C)(CC[C@@H]1C[C@@]1(CO)C1C=CC=C(F)C1)[Si](O)(c1ccccc1)c1ccccc1. The van der Waals surface area contributed by atoms with Gasteiger partial charge in [-0.05, 0) is 52.6 Å². The van der Waals surface area contributed by atoms with Crippen molar-refractivity contribution in [2.24, 2.45) is 17.3 Å². The summed E-state index contributed by atoms with van der Waals surface area (Å²) in [5, 5.41) is 11.9. The molecule has 0 bridgehead atoms. The van der Waals surface area contributed by atoms with Crippen LogP contribution in [-0.4, -0.2) is 24.8 Å². The second-order valence-corrected chi connectivity index (χ2v) is 13.9. The van der Waals surface area contributed by atoms with Gasteiger partial charge in [-0.1, -0.05) is 86.7 Å². The average molecular weight is 437 g/mol. The van der Waals surface area contributed by atoms with Gasteiger partial charge in [0.15, 0.2) is 0 Å². The molecule has 0 radical (unpaired) electrons. The molecule has 2 N–H and O–H groups in total. The van der Waals surface area contributed by atoms with Crippen LogP contribution in [0.2, 0.25) is 5.04 Å². The van der Waals surface area contributed by atoms with E-state index in [1.54, 1.807) is 6.08 Å². The van der Waals surface area contributed by atoms with Gasteiger partial charge >= 0.3 is 0 Å².